The second-order valence-corrected chi connectivity index (χ2v) is 10.8. The zero-order chi connectivity index (χ0) is 25.7. The third-order valence-corrected chi connectivity index (χ3v) is 8.55. The lowest BCUT2D eigenvalue weighted by molar-refractivity contribution is -0.113. The number of nitrogens with one attached hydrogen (secondary N) is 1. The van der Waals surface area contributed by atoms with Gasteiger partial charge in [-0.15, -0.1) is 21.5 Å². The summed E-state index contributed by atoms with van der Waals surface area (Å²) in [5, 5.41) is 12.6. The highest BCUT2D eigenvalue weighted by atomic mass is 32.2. The van der Waals surface area contributed by atoms with Gasteiger partial charge < -0.3 is 19.4 Å². The summed E-state index contributed by atoms with van der Waals surface area (Å²) in [6.45, 7) is 6.45. The molecule has 0 unspecified atom stereocenters. The minimum absolute atomic E-state index is 0.147. The molecule has 1 aliphatic carbocycles. The third kappa shape index (κ3) is 5.92. The van der Waals surface area contributed by atoms with Crippen LogP contribution >= 0.6 is 23.1 Å². The van der Waals surface area contributed by atoms with Crippen LogP contribution < -0.4 is 10.1 Å². The Hall–Kier alpha value is -2.85. The number of carbonyl (C=O) groups excluding carboxylic acids is 2. The predicted molar refractivity (Wildman–Crippen MR) is 142 cm³/mol. The molecule has 192 valence electrons. The van der Waals surface area contributed by atoms with Gasteiger partial charge in [0.15, 0.2) is 11.0 Å². The molecule has 2 heterocycles. The lowest BCUT2D eigenvalue weighted by Crippen LogP contribution is -2.17. The maximum atomic E-state index is 12.8. The van der Waals surface area contributed by atoms with Crippen LogP contribution in [0.15, 0.2) is 23.4 Å². The Morgan fingerprint density at radius 1 is 1.17 bits per heavy atom. The number of amides is 1. The number of thiophene rings is 1. The number of aromatic nitrogens is 3. The molecule has 8 nitrogen and oxygen atoms in total. The first-order valence-corrected chi connectivity index (χ1v) is 14.0. The maximum absolute atomic E-state index is 12.8. The zero-order valence-electron chi connectivity index (χ0n) is 21.2. The molecule has 3 aromatic rings. The molecule has 10 heteroatoms. The van der Waals surface area contributed by atoms with Crippen molar-refractivity contribution in [1.29, 1.82) is 0 Å². The van der Waals surface area contributed by atoms with Gasteiger partial charge in [0.2, 0.25) is 5.91 Å². The number of hydrogen-bond acceptors (Lipinski definition) is 8. The number of hydrogen-bond donors (Lipinski definition) is 1. The largest absolute Gasteiger partial charge is 0.485 e. The Balaban J connectivity index is 1.39. The lowest BCUT2D eigenvalue weighted by atomic mass is 10.1. The van der Waals surface area contributed by atoms with E-state index >= 15 is 0 Å². The van der Waals surface area contributed by atoms with E-state index < -0.39 is 0 Å². The van der Waals surface area contributed by atoms with Crippen molar-refractivity contribution in [3.63, 3.8) is 0 Å². The molecule has 36 heavy (non-hydrogen) atoms. The number of rotatable bonds is 9. The molecule has 1 aliphatic rings. The highest BCUT2D eigenvalue weighted by Crippen LogP contribution is 2.38. The van der Waals surface area contributed by atoms with Gasteiger partial charge in [0.1, 0.15) is 17.4 Å². The summed E-state index contributed by atoms with van der Waals surface area (Å²) in [5.41, 5.74) is 3.84. The van der Waals surface area contributed by atoms with Gasteiger partial charge in [-0.25, -0.2) is 4.79 Å². The SMILES string of the molecule is CCOC(=O)c1c(NC(=O)CSc2nnc(COc3cccc(C)c3C)n2C)sc2c1CCCCC2. The monoisotopic (exact) mass is 528 g/mol. The summed E-state index contributed by atoms with van der Waals surface area (Å²) in [6, 6.07) is 5.95. The van der Waals surface area contributed by atoms with Gasteiger partial charge in [-0.05, 0) is 69.2 Å². The van der Waals surface area contributed by atoms with E-state index in [9.17, 15) is 9.59 Å². The van der Waals surface area contributed by atoms with Gasteiger partial charge in [0, 0.05) is 11.9 Å². The quantitative estimate of drug-likeness (QED) is 0.230. The van der Waals surface area contributed by atoms with Crippen LogP contribution in [-0.4, -0.2) is 39.0 Å². The van der Waals surface area contributed by atoms with Gasteiger partial charge >= 0.3 is 5.97 Å². The molecular formula is C26H32N4O4S2. The van der Waals surface area contributed by atoms with Crippen LogP contribution in [0.25, 0.3) is 0 Å². The van der Waals surface area contributed by atoms with Crippen molar-refractivity contribution in [2.45, 2.75) is 64.6 Å². The highest BCUT2D eigenvalue weighted by molar-refractivity contribution is 7.99. The highest BCUT2D eigenvalue weighted by Gasteiger charge is 2.26. The summed E-state index contributed by atoms with van der Waals surface area (Å²) >= 11 is 2.80. The van der Waals surface area contributed by atoms with Crippen LogP contribution in [-0.2, 0) is 36.0 Å². The average molecular weight is 529 g/mol. The first-order chi connectivity index (χ1) is 17.4. The van der Waals surface area contributed by atoms with Crippen molar-refractivity contribution in [3.05, 3.63) is 51.2 Å². The summed E-state index contributed by atoms with van der Waals surface area (Å²) in [5.74, 6) is 1.08. The zero-order valence-corrected chi connectivity index (χ0v) is 22.8. The molecule has 1 N–H and O–H groups in total. The number of ether oxygens (including phenoxy) is 2. The van der Waals surface area contributed by atoms with E-state index in [0.29, 0.717) is 28.2 Å². The average Bonchev–Trinajstić information content (AvgIpc) is 3.28. The predicted octanol–water partition coefficient (Wildman–Crippen LogP) is 5.25. The Morgan fingerprint density at radius 3 is 2.78 bits per heavy atom. The second kappa shape index (κ2) is 11.9. The number of benzene rings is 1. The van der Waals surface area contributed by atoms with Crippen LogP contribution in [0.5, 0.6) is 5.75 Å². The minimum Gasteiger partial charge on any atom is -0.485 e. The van der Waals surface area contributed by atoms with Crippen molar-refractivity contribution in [1.82, 2.24) is 14.8 Å². The van der Waals surface area contributed by atoms with Crippen LogP contribution in [0.4, 0.5) is 5.00 Å². The number of carbonyl (C=O) groups is 2. The van der Waals surface area contributed by atoms with Gasteiger partial charge in [0.25, 0.3) is 0 Å². The molecule has 0 aliphatic heterocycles. The molecule has 0 spiro atoms. The van der Waals surface area contributed by atoms with Gasteiger partial charge in [-0.2, -0.15) is 0 Å². The molecule has 0 radical (unpaired) electrons. The van der Waals surface area contributed by atoms with Crippen LogP contribution in [0.3, 0.4) is 0 Å². The minimum atomic E-state index is -0.360. The maximum Gasteiger partial charge on any atom is 0.341 e. The molecule has 1 amide bonds. The number of anilines is 1. The van der Waals surface area contributed by atoms with Crippen molar-refractivity contribution >= 4 is 40.0 Å². The number of fused-ring (bicyclic) bond motifs is 1. The molecule has 0 atom stereocenters. The fraction of sp³-hybridized carbons (Fsp3) is 0.462. The Bertz CT molecular complexity index is 1250. The fourth-order valence-corrected chi connectivity index (χ4v) is 6.19. The van der Waals surface area contributed by atoms with E-state index in [2.05, 4.69) is 15.5 Å². The van der Waals surface area contributed by atoms with Crippen molar-refractivity contribution in [3.8, 4) is 5.75 Å². The molecule has 0 fully saturated rings. The number of aryl methyl sites for hydroxylation is 2. The van der Waals surface area contributed by atoms with Crippen molar-refractivity contribution in [2.24, 2.45) is 7.05 Å². The first-order valence-electron chi connectivity index (χ1n) is 12.2. The molecule has 0 saturated carbocycles. The van der Waals surface area contributed by atoms with E-state index in [1.807, 2.05) is 43.7 Å². The molecule has 0 bridgehead atoms. The standard InChI is InChI=1S/C26H32N4O4S2/c1-5-33-25(32)23-18-11-7-6-8-13-20(18)36-24(23)27-22(31)15-35-26-29-28-21(30(26)4)14-34-19-12-9-10-16(2)17(19)3/h9-10,12H,5-8,11,13-15H2,1-4H3,(H,27,31). The molecule has 0 saturated heterocycles. The van der Waals surface area contributed by atoms with Gasteiger partial charge in [-0.1, -0.05) is 30.3 Å². The van der Waals surface area contributed by atoms with Crippen LogP contribution in [0.2, 0.25) is 0 Å². The smallest absolute Gasteiger partial charge is 0.341 e. The summed E-state index contributed by atoms with van der Waals surface area (Å²) < 4.78 is 13.1. The molecule has 2 aromatic heterocycles. The third-order valence-electron chi connectivity index (χ3n) is 6.32. The van der Waals surface area contributed by atoms with Crippen LogP contribution in [0, 0.1) is 13.8 Å². The molecular weight excluding hydrogens is 496 g/mol. The Kier molecular flexibility index (Phi) is 8.68. The van der Waals surface area contributed by atoms with E-state index in [1.165, 1.54) is 33.5 Å². The molecule has 4 rings (SSSR count). The van der Waals surface area contributed by atoms with Crippen molar-refractivity contribution < 1.29 is 19.1 Å². The normalized spacial score (nSPS) is 13.1. The summed E-state index contributed by atoms with van der Waals surface area (Å²) in [6.07, 6.45) is 5.07. The second-order valence-electron chi connectivity index (χ2n) is 8.77. The number of thioether (sulfide) groups is 1. The summed E-state index contributed by atoms with van der Waals surface area (Å²) in [4.78, 5) is 26.7. The van der Waals surface area contributed by atoms with Crippen molar-refractivity contribution in [2.75, 3.05) is 17.7 Å². The Morgan fingerprint density at radius 2 is 1.97 bits per heavy atom. The fourth-order valence-electron chi connectivity index (χ4n) is 4.16. The first kappa shape index (κ1) is 26.2. The van der Waals surface area contributed by atoms with E-state index in [0.717, 1.165) is 49.0 Å². The number of nitrogens with zero attached hydrogens (tertiary/aromatic N) is 3. The number of esters is 1. The summed E-state index contributed by atoms with van der Waals surface area (Å²) in [7, 11) is 1.86. The topological polar surface area (TPSA) is 95.3 Å². The van der Waals surface area contributed by atoms with Gasteiger partial charge in [0.05, 0.1) is 17.9 Å². The van der Waals surface area contributed by atoms with E-state index in [4.69, 9.17) is 9.47 Å². The molecule has 1 aromatic carbocycles. The van der Waals surface area contributed by atoms with E-state index in [-0.39, 0.29) is 24.2 Å². The lowest BCUT2D eigenvalue weighted by Gasteiger charge is -2.10. The van der Waals surface area contributed by atoms with Gasteiger partial charge in [-0.3, -0.25) is 4.79 Å². The van der Waals surface area contributed by atoms with Crippen LogP contribution in [0.1, 0.15) is 63.9 Å². The Labute approximate surface area is 219 Å². The van der Waals surface area contributed by atoms with E-state index in [1.54, 1.807) is 6.92 Å².